The molecule has 5 rings (SSSR count). The quantitative estimate of drug-likeness (QED) is 0.339. The lowest BCUT2D eigenvalue weighted by Gasteiger charge is -2.34. The van der Waals surface area contributed by atoms with Crippen LogP contribution in [0.5, 0.6) is 0 Å². The molecule has 180 valence electrons. The number of aryl methyl sites for hydroxylation is 2. The fourth-order valence-corrected chi connectivity index (χ4v) is 5.12. The van der Waals surface area contributed by atoms with E-state index in [4.69, 9.17) is 11.5 Å². The Labute approximate surface area is 208 Å². The predicted molar refractivity (Wildman–Crippen MR) is 142 cm³/mol. The van der Waals surface area contributed by atoms with Gasteiger partial charge in [0.15, 0.2) is 0 Å². The van der Waals surface area contributed by atoms with Crippen molar-refractivity contribution in [3.05, 3.63) is 77.6 Å². The summed E-state index contributed by atoms with van der Waals surface area (Å²) < 4.78 is 1.91. The summed E-state index contributed by atoms with van der Waals surface area (Å²) in [5.74, 6) is -0.267. The molecule has 3 heterocycles. The zero-order chi connectivity index (χ0) is 24.2. The number of nitrogens with zero attached hydrogens (tertiary/aromatic N) is 4. The van der Waals surface area contributed by atoms with Crippen molar-refractivity contribution in [3.63, 3.8) is 0 Å². The number of thiazole rings is 1. The molecule has 8 nitrogen and oxygen atoms in total. The van der Waals surface area contributed by atoms with Gasteiger partial charge in [0.1, 0.15) is 10.7 Å². The SMILES string of the molecule is Nc1ccc(N2CCCC(N)C2)c(NC(=O)c2csc(-c3cnn(CCc4ccccc4)c3)n2)c1. The van der Waals surface area contributed by atoms with E-state index < -0.39 is 0 Å². The van der Waals surface area contributed by atoms with Gasteiger partial charge in [-0.05, 0) is 43.0 Å². The summed E-state index contributed by atoms with van der Waals surface area (Å²) in [6.45, 7) is 2.43. The van der Waals surface area contributed by atoms with Crippen molar-refractivity contribution < 1.29 is 4.79 Å². The van der Waals surface area contributed by atoms with Crippen molar-refractivity contribution in [2.75, 3.05) is 29.0 Å². The highest BCUT2D eigenvalue weighted by Gasteiger charge is 2.21. The first kappa shape index (κ1) is 23.1. The number of nitrogens with one attached hydrogen (secondary N) is 1. The molecule has 0 saturated carbocycles. The highest BCUT2D eigenvalue weighted by atomic mass is 32.1. The fraction of sp³-hybridized carbons (Fsp3) is 0.269. The zero-order valence-electron chi connectivity index (χ0n) is 19.4. The van der Waals surface area contributed by atoms with Crippen LogP contribution in [0.2, 0.25) is 0 Å². The smallest absolute Gasteiger partial charge is 0.275 e. The molecular formula is C26H29N7OS. The number of benzene rings is 2. The molecule has 35 heavy (non-hydrogen) atoms. The summed E-state index contributed by atoms with van der Waals surface area (Å²) in [6, 6.07) is 16.0. The lowest BCUT2D eigenvalue weighted by molar-refractivity contribution is 0.102. The summed E-state index contributed by atoms with van der Waals surface area (Å²) >= 11 is 1.43. The molecule has 1 atom stereocenters. The van der Waals surface area contributed by atoms with Crippen molar-refractivity contribution >= 4 is 34.3 Å². The van der Waals surface area contributed by atoms with Crippen LogP contribution in [0.25, 0.3) is 10.6 Å². The van der Waals surface area contributed by atoms with Crippen LogP contribution < -0.4 is 21.7 Å². The van der Waals surface area contributed by atoms with Crippen LogP contribution >= 0.6 is 11.3 Å². The van der Waals surface area contributed by atoms with E-state index in [1.807, 2.05) is 41.2 Å². The Kier molecular flexibility index (Phi) is 6.78. The highest BCUT2D eigenvalue weighted by Crippen LogP contribution is 2.31. The van der Waals surface area contributed by atoms with E-state index in [1.54, 1.807) is 17.6 Å². The molecule has 5 N–H and O–H groups in total. The standard InChI is InChI=1S/C26H29N7OS/c27-20-8-9-24(32-11-4-7-21(28)16-32)22(13-20)30-25(34)23-17-35-26(31-23)19-14-29-33(15-19)12-10-18-5-2-1-3-6-18/h1-3,5-6,8-9,13-15,17,21H,4,7,10-12,16,27-28H2,(H,30,34). The number of carbonyl (C=O) groups is 1. The van der Waals surface area contributed by atoms with Gasteiger partial charge in [0, 0.05) is 48.5 Å². The van der Waals surface area contributed by atoms with E-state index in [1.165, 1.54) is 16.9 Å². The number of aromatic nitrogens is 3. The second-order valence-corrected chi connectivity index (χ2v) is 9.70. The van der Waals surface area contributed by atoms with Crippen LogP contribution in [0.3, 0.4) is 0 Å². The molecule has 0 spiro atoms. The third-order valence-corrected chi connectivity index (χ3v) is 7.05. The molecule has 0 radical (unpaired) electrons. The molecule has 1 unspecified atom stereocenters. The summed E-state index contributed by atoms with van der Waals surface area (Å²) in [7, 11) is 0. The first-order valence-corrected chi connectivity index (χ1v) is 12.7. The van der Waals surface area contributed by atoms with E-state index >= 15 is 0 Å². The lowest BCUT2D eigenvalue weighted by atomic mass is 10.1. The van der Waals surface area contributed by atoms with Gasteiger partial charge < -0.3 is 21.7 Å². The van der Waals surface area contributed by atoms with Gasteiger partial charge in [0.05, 0.1) is 17.6 Å². The average molecular weight is 488 g/mol. The van der Waals surface area contributed by atoms with Crippen molar-refractivity contribution in [1.29, 1.82) is 0 Å². The number of nitrogen functional groups attached to an aromatic ring is 1. The number of rotatable bonds is 7. The first-order chi connectivity index (χ1) is 17.0. The Bertz CT molecular complexity index is 1300. The van der Waals surface area contributed by atoms with Gasteiger partial charge in [-0.3, -0.25) is 9.48 Å². The van der Waals surface area contributed by atoms with E-state index in [0.717, 1.165) is 55.2 Å². The van der Waals surface area contributed by atoms with Gasteiger partial charge in [-0.15, -0.1) is 11.3 Å². The number of hydrogen-bond donors (Lipinski definition) is 3. The molecular weight excluding hydrogens is 458 g/mol. The normalized spacial score (nSPS) is 15.8. The Morgan fingerprint density at radius 3 is 2.89 bits per heavy atom. The maximum Gasteiger partial charge on any atom is 0.275 e. The van der Waals surface area contributed by atoms with Crippen LogP contribution in [0.15, 0.2) is 66.3 Å². The fourth-order valence-electron chi connectivity index (χ4n) is 4.34. The average Bonchev–Trinajstić information content (AvgIpc) is 3.54. The Balaban J connectivity index is 1.27. The van der Waals surface area contributed by atoms with Crippen LogP contribution in [0.4, 0.5) is 17.1 Å². The number of hydrogen-bond acceptors (Lipinski definition) is 7. The molecule has 1 fully saturated rings. The summed E-state index contributed by atoms with van der Waals surface area (Å²) in [6.07, 6.45) is 6.70. The van der Waals surface area contributed by atoms with Crippen molar-refractivity contribution in [3.8, 4) is 10.6 Å². The Morgan fingerprint density at radius 1 is 1.20 bits per heavy atom. The van der Waals surface area contributed by atoms with Gasteiger partial charge >= 0.3 is 0 Å². The van der Waals surface area contributed by atoms with E-state index in [9.17, 15) is 4.79 Å². The third kappa shape index (κ3) is 5.52. The molecule has 0 bridgehead atoms. The van der Waals surface area contributed by atoms with Crippen LogP contribution in [-0.2, 0) is 13.0 Å². The number of amides is 1. The summed E-state index contributed by atoms with van der Waals surface area (Å²) in [4.78, 5) is 19.8. The topological polar surface area (TPSA) is 115 Å². The lowest BCUT2D eigenvalue weighted by Crippen LogP contribution is -2.43. The first-order valence-electron chi connectivity index (χ1n) is 11.8. The third-order valence-electron chi connectivity index (χ3n) is 6.16. The van der Waals surface area contributed by atoms with Gasteiger partial charge in [-0.1, -0.05) is 30.3 Å². The molecule has 2 aromatic carbocycles. The van der Waals surface area contributed by atoms with E-state index in [0.29, 0.717) is 17.1 Å². The number of nitrogens with two attached hydrogens (primary N) is 2. The minimum Gasteiger partial charge on any atom is -0.399 e. The Hall–Kier alpha value is -3.69. The molecule has 1 amide bonds. The number of piperidine rings is 1. The van der Waals surface area contributed by atoms with Gasteiger partial charge in [-0.2, -0.15) is 5.10 Å². The molecule has 1 aliphatic heterocycles. The number of anilines is 3. The Morgan fingerprint density at radius 2 is 2.06 bits per heavy atom. The van der Waals surface area contributed by atoms with Crippen LogP contribution in [0, 0.1) is 0 Å². The maximum absolute atomic E-state index is 13.1. The van der Waals surface area contributed by atoms with Crippen molar-refractivity contribution in [1.82, 2.24) is 14.8 Å². The molecule has 9 heteroatoms. The van der Waals surface area contributed by atoms with E-state index in [-0.39, 0.29) is 11.9 Å². The maximum atomic E-state index is 13.1. The van der Waals surface area contributed by atoms with Gasteiger partial charge in [0.2, 0.25) is 0 Å². The molecule has 1 aliphatic rings. The molecule has 4 aromatic rings. The zero-order valence-corrected chi connectivity index (χ0v) is 20.2. The van der Waals surface area contributed by atoms with E-state index in [2.05, 4.69) is 32.4 Å². The molecule has 1 saturated heterocycles. The highest BCUT2D eigenvalue weighted by molar-refractivity contribution is 7.13. The number of carbonyl (C=O) groups excluding carboxylic acids is 1. The molecule has 2 aromatic heterocycles. The monoisotopic (exact) mass is 487 g/mol. The largest absolute Gasteiger partial charge is 0.399 e. The predicted octanol–water partition coefficient (Wildman–Crippen LogP) is 4.01. The van der Waals surface area contributed by atoms with Crippen LogP contribution in [-0.4, -0.2) is 39.8 Å². The summed E-state index contributed by atoms with van der Waals surface area (Å²) in [5.41, 5.74) is 16.9. The molecule has 0 aliphatic carbocycles. The van der Waals surface area contributed by atoms with Crippen molar-refractivity contribution in [2.45, 2.75) is 31.8 Å². The van der Waals surface area contributed by atoms with Crippen molar-refractivity contribution in [2.24, 2.45) is 5.73 Å². The second kappa shape index (κ2) is 10.3. The summed E-state index contributed by atoms with van der Waals surface area (Å²) in [5, 5.41) is 10.0. The van der Waals surface area contributed by atoms with Gasteiger partial charge in [0.25, 0.3) is 5.91 Å². The van der Waals surface area contributed by atoms with Gasteiger partial charge in [-0.25, -0.2) is 4.98 Å². The minimum absolute atomic E-state index is 0.125. The second-order valence-electron chi connectivity index (χ2n) is 8.84. The van der Waals surface area contributed by atoms with Crippen LogP contribution in [0.1, 0.15) is 28.9 Å². The minimum atomic E-state index is -0.267.